The van der Waals surface area contributed by atoms with Gasteiger partial charge in [-0.25, -0.2) is 10.8 Å². The van der Waals surface area contributed by atoms with Crippen LogP contribution in [0.4, 0.5) is 5.82 Å². The van der Waals surface area contributed by atoms with Gasteiger partial charge in [0.2, 0.25) is 0 Å². The number of hydrazine groups is 1. The van der Waals surface area contributed by atoms with Gasteiger partial charge in [-0.15, -0.1) is 0 Å². The summed E-state index contributed by atoms with van der Waals surface area (Å²) in [6, 6.07) is 3.04. The van der Waals surface area contributed by atoms with Crippen molar-refractivity contribution in [3.8, 4) is 0 Å². The van der Waals surface area contributed by atoms with Crippen LogP contribution in [0.1, 0.15) is 24.2 Å². The van der Waals surface area contributed by atoms with E-state index < -0.39 is 0 Å². The minimum absolute atomic E-state index is 0.186. The van der Waals surface area contributed by atoms with Crippen LogP contribution < -0.4 is 16.6 Å². The van der Waals surface area contributed by atoms with Crippen molar-refractivity contribution in [2.45, 2.75) is 13.8 Å². The number of aromatic nitrogens is 1. The second kappa shape index (κ2) is 5.67. The summed E-state index contributed by atoms with van der Waals surface area (Å²) in [5, 5.41) is 3.01. The van der Waals surface area contributed by atoms with Gasteiger partial charge in [0.25, 0.3) is 5.91 Å². The van der Waals surface area contributed by atoms with Gasteiger partial charge in [0.1, 0.15) is 11.0 Å². The predicted octanol–water partition coefficient (Wildman–Crippen LogP) is 1.41. The molecule has 1 rings (SSSR count). The lowest BCUT2D eigenvalue weighted by Crippen LogP contribution is -2.27. The lowest BCUT2D eigenvalue weighted by molar-refractivity contribution is 0.0949. The van der Waals surface area contributed by atoms with Crippen LogP contribution in [0.15, 0.2) is 12.1 Å². The average Bonchev–Trinajstić information content (AvgIpc) is 2.24. The van der Waals surface area contributed by atoms with E-state index >= 15 is 0 Å². The summed E-state index contributed by atoms with van der Waals surface area (Å²) < 4.78 is 0. The summed E-state index contributed by atoms with van der Waals surface area (Å²) in [5.41, 5.74) is 2.79. The summed E-state index contributed by atoms with van der Waals surface area (Å²) in [6.07, 6.45) is 0. The van der Waals surface area contributed by atoms with Gasteiger partial charge in [0, 0.05) is 12.1 Å². The van der Waals surface area contributed by atoms with E-state index in [0.717, 1.165) is 0 Å². The van der Waals surface area contributed by atoms with Crippen LogP contribution in [0.3, 0.4) is 0 Å². The summed E-state index contributed by atoms with van der Waals surface area (Å²) in [5.74, 6) is 5.78. The summed E-state index contributed by atoms with van der Waals surface area (Å²) >= 11 is 5.75. The van der Waals surface area contributed by atoms with E-state index in [4.69, 9.17) is 17.4 Å². The molecule has 0 aliphatic heterocycles. The first-order chi connectivity index (χ1) is 7.52. The zero-order chi connectivity index (χ0) is 12.1. The summed E-state index contributed by atoms with van der Waals surface area (Å²) in [7, 11) is 0. The lowest BCUT2D eigenvalue weighted by Gasteiger charge is -2.08. The molecule has 4 N–H and O–H groups in total. The van der Waals surface area contributed by atoms with Gasteiger partial charge in [-0.2, -0.15) is 0 Å². The second-order valence-corrected chi connectivity index (χ2v) is 4.20. The highest BCUT2D eigenvalue weighted by molar-refractivity contribution is 6.29. The normalized spacial score (nSPS) is 10.3. The van der Waals surface area contributed by atoms with Gasteiger partial charge in [-0.1, -0.05) is 25.4 Å². The highest BCUT2D eigenvalue weighted by Crippen LogP contribution is 2.13. The van der Waals surface area contributed by atoms with Crippen molar-refractivity contribution in [3.63, 3.8) is 0 Å². The molecule has 0 spiro atoms. The van der Waals surface area contributed by atoms with E-state index in [9.17, 15) is 4.79 Å². The number of pyridine rings is 1. The Labute approximate surface area is 99.4 Å². The smallest absolute Gasteiger partial charge is 0.251 e. The van der Waals surface area contributed by atoms with Crippen molar-refractivity contribution in [2.24, 2.45) is 11.8 Å². The van der Waals surface area contributed by atoms with E-state index in [2.05, 4.69) is 15.7 Å². The van der Waals surface area contributed by atoms with Crippen LogP contribution in [-0.2, 0) is 0 Å². The monoisotopic (exact) mass is 242 g/mol. The van der Waals surface area contributed by atoms with Gasteiger partial charge >= 0.3 is 0 Å². The molecule has 1 heterocycles. The van der Waals surface area contributed by atoms with Gasteiger partial charge in [0.05, 0.1) is 0 Å². The number of nitrogens with two attached hydrogens (primary N) is 1. The second-order valence-electron chi connectivity index (χ2n) is 3.81. The maximum Gasteiger partial charge on any atom is 0.251 e. The Bertz CT molecular complexity index is 381. The number of nitrogens with zero attached hydrogens (tertiary/aromatic N) is 1. The number of hydrogen-bond acceptors (Lipinski definition) is 4. The molecule has 0 radical (unpaired) electrons. The van der Waals surface area contributed by atoms with Crippen molar-refractivity contribution in [1.82, 2.24) is 10.3 Å². The van der Waals surface area contributed by atoms with Crippen LogP contribution in [0, 0.1) is 5.92 Å². The largest absolute Gasteiger partial charge is 0.352 e. The maximum absolute atomic E-state index is 11.7. The zero-order valence-corrected chi connectivity index (χ0v) is 10.0. The van der Waals surface area contributed by atoms with Gasteiger partial charge in [0.15, 0.2) is 0 Å². The minimum Gasteiger partial charge on any atom is -0.352 e. The molecule has 1 aromatic rings. The number of rotatable bonds is 4. The molecule has 0 fully saturated rings. The number of amides is 1. The first-order valence-corrected chi connectivity index (χ1v) is 5.33. The van der Waals surface area contributed by atoms with Crippen molar-refractivity contribution in [2.75, 3.05) is 12.0 Å². The molecule has 88 valence electrons. The number of carbonyl (C=O) groups excluding carboxylic acids is 1. The highest BCUT2D eigenvalue weighted by Gasteiger charge is 2.09. The fourth-order valence-corrected chi connectivity index (χ4v) is 1.31. The van der Waals surface area contributed by atoms with Crippen LogP contribution in [0.2, 0.25) is 5.15 Å². The minimum atomic E-state index is -0.186. The van der Waals surface area contributed by atoms with Crippen LogP contribution in [-0.4, -0.2) is 17.4 Å². The van der Waals surface area contributed by atoms with Crippen LogP contribution in [0.25, 0.3) is 0 Å². The van der Waals surface area contributed by atoms with E-state index in [-0.39, 0.29) is 11.1 Å². The molecule has 1 aromatic heterocycles. The summed E-state index contributed by atoms with van der Waals surface area (Å²) in [4.78, 5) is 15.6. The molecule has 0 atom stereocenters. The van der Waals surface area contributed by atoms with E-state index in [0.29, 0.717) is 23.8 Å². The molecule has 0 saturated carbocycles. The van der Waals surface area contributed by atoms with Gasteiger partial charge in [-0.3, -0.25) is 4.79 Å². The Balaban J connectivity index is 2.78. The van der Waals surface area contributed by atoms with Crippen molar-refractivity contribution >= 4 is 23.3 Å². The maximum atomic E-state index is 11.7. The molecule has 0 unspecified atom stereocenters. The summed E-state index contributed by atoms with van der Waals surface area (Å²) in [6.45, 7) is 4.66. The Kier molecular flexibility index (Phi) is 4.52. The Morgan fingerprint density at radius 3 is 2.81 bits per heavy atom. The molecule has 5 nitrogen and oxygen atoms in total. The Hall–Kier alpha value is -1.33. The number of halogens is 1. The molecule has 6 heteroatoms. The first kappa shape index (κ1) is 12.7. The number of anilines is 1. The molecule has 16 heavy (non-hydrogen) atoms. The topological polar surface area (TPSA) is 80.0 Å². The van der Waals surface area contributed by atoms with Crippen molar-refractivity contribution in [3.05, 3.63) is 22.8 Å². The zero-order valence-electron chi connectivity index (χ0n) is 9.25. The third-order valence-electron chi connectivity index (χ3n) is 1.88. The molecular weight excluding hydrogens is 228 g/mol. The van der Waals surface area contributed by atoms with Gasteiger partial charge in [-0.05, 0) is 18.1 Å². The number of hydrogen-bond donors (Lipinski definition) is 3. The molecular formula is C10H15ClN4O. The standard InChI is InChI=1S/C10H15ClN4O/c1-6(2)5-13-10(16)7-3-8(11)14-9(4-7)15-12/h3-4,6H,5,12H2,1-2H3,(H,13,16)(H,14,15). The molecule has 0 aliphatic rings. The quantitative estimate of drug-likeness (QED) is 0.424. The molecule has 0 aromatic carbocycles. The van der Waals surface area contributed by atoms with Crippen molar-refractivity contribution in [1.29, 1.82) is 0 Å². The SMILES string of the molecule is CC(C)CNC(=O)c1cc(Cl)nc(NN)c1. The first-order valence-electron chi connectivity index (χ1n) is 4.95. The Morgan fingerprint density at radius 1 is 1.56 bits per heavy atom. The fraction of sp³-hybridized carbons (Fsp3) is 0.400. The number of nitrogen functional groups attached to an aromatic ring is 1. The van der Waals surface area contributed by atoms with E-state index in [1.54, 1.807) is 6.07 Å². The van der Waals surface area contributed by atoms with Crippen molar-refractivity contribution < 1.29 is 4.79 Å². The fourth-order valence-electron chi connectivity index (χ4n) is 1.10. The predicted molar refractivity (Wildman–Crippen MR) is 64.2 cm³/mol. The Morgan fingerprint density at radius 2 is 2.25 bits per heavy atom. The lowest BCUT2D eigenvalue weighted by atomic mass is 10.2. The van der Waals surface area contributed by atoms with E-state index in [1.165, 1.54) is 6.07 Å². The third-order valence-corrected chi connectivity index (χ3v) is 2.07. The average molecular weight is 243 g/mol. The molecule has 0 bridgehead atoms. The number of carbonyl (C=O) groups is 1. The molecule has 0 aliphatic carbocycles. The van der Waals surface area contributed by atoms with Gasteiger partial charge < -0.3 is 10.7 Å². The molecule has 1 amide bonds. The van der Waals surface area contributed by atoms with E-state index in [1.807, 2.05) is 13.8 Å². The van der Waals surface area contributed by atoms with Crippen LogP contribution in [0.5, 0.6) is 0 Å². The highest BCUT2D eigenvalue weighted by atomic mass is 35.5. The number of nitrogens with one attached hydrogen (secondary N) is 2. The third kappa shape index (κ3) is 3.67. The van der Waals surface area contributed by atoms with Crippen LogP contribution >= 0.6 is 11.6 Å². The molecule has 0 saturated heterocycles.